The van der Waals surface area contributed by atoms with Crippen LogP contribution in [0.15, 0.2) is 71.8 Å². The molecule has 0 N–H and O–H groups in total. The first-order valence-corrected chi connectivity index (χ1v) is 10.5. The molecule has 29 heavy (non-hydrogen) atoms. The second-order valence-corrected chi connectivity index (χ2v) is 8.60. The van der Waals surface area contributed by atoms with Crippen LogP contribution in [0.2, 0.25) is 5.02 Å². The maximum absolute atomic E-state index is 13.4. The lowest BCUT2D eigenvalue weighted by atomic mass is 10.2. The van der Waals surface area contributed by atoms with Crippen LogP contribution < -0.4 is 4.31 Å². The van der Waals surface area contributed by atoms with Crippen molar-refractivity contribution in [1.29, 1.82) is 0 Å². The van der Waals surface area contributed by atoms with Crippen LogP contribution in [0.4, 0.5) is 5.82 Å². The van der Waals surface area contributed by atoms with Gasteiger partial charge in [-0.3, -0.25) is 0 Å². The van der Waals surface area contributed by atoms with Gasteiger partial charge in [-0.05, 0) is 48.4 Å². The van der Waals surface area contributed by atoms with Crippen LogP contribution in [0, 0.1) is 6.92 Å². The number of anilines is 1. The van der Waals surface area contributed by atoms with Gasteiger partial charge in [0.15, 0.2) is 5.82 Å². The third-order valence-electron chi connectivity index (χ3n) is 4.23. The number of hydrogen-bond donors (Lipinski definition) is 0. The number of sulfonamides is 1. The Morgan fingerprint density at radius 1 is 1.10 bits per heavy atom. The monoisotopic (exact) mass is 430 g/mol. The fourth-order valence-corrected chi connectivity index (χ4v) is 4.54. The molecule has 3 aromatic rings. The Hall–Kier alpha value is -2.90. The Kier molecular flexibility index (Phi) is 6.20. The highest BCUT2D eigenvalue weighted by atomic mass is 35.5. The van der Waals surface area contributed by atoms with E-state index < -0.39 is 16.0 Å². The summed E-state index contributed by atoms with van der Waals surface area (Å²) in [6, 6.07) is 16.4. The Bertz CT molecular complexity index is 1120. The van der Waals surface area contributed by atoms with Crippen LogP contribution in [-0.4, -0.2) is 26.5 Å². The van der Waals surface area contributed by atoms with E-state index in [1.54, 1.807) is 12.3 Å². The molecule has 2 aromatic carbocycles. The molecule has 1 aromatic heterocycles. The second kappa shape index (κ2) is 8.63. The van der Waals surface area contributed by atoms with Gasteiger partial charge in [0.05, 0.1) is 29.1 Å². The lowest BCUT2D eigenvalue weighted by molar-refractivity contribution is 0.0600. The molecule has 0 amide bonds. The number of rotatable bonds is 6. The summed E-state index contributed by atoms with van der Waals surface area (Å²) < 4.78 is 32.7. The fourth-order valence-electron chi connectivity index (χ4n) is 2.74. The summed E-state index contributed by atoms with van der Waals surface area (Å²) in [4.78, 5) is 15.9. The largest absolute Gasteiger partial charge is 0.465 e. The zero-order chi connectivity index (χ0) is 21.0. The maximum Gasteiger partial charge on any atom is 0.337 e. The lowest BCUT2D eigenvalue weighted by Crippen LogP contribution is -2.31. The number of nitrogens with zero attached hydrogens (tertiary/aromatic N) is 2. The number of aryl methyl sites for hydroxylation is 1. The van der Waals surface area contributed by atoms with Crippen LogP contribution >= 0.6 is 11.6 Å². The molecular weight excluding hydrogens is 412 g/mol. The van der Waals surface area contributed by atoms with Gasteiger partial charge in [0, 0.05) is 6.20 Å². The molecular formula is C21H19ClN2O4S. The molecule has 3 rings (SSSR count). The van der Waals surface area contributed by atoms with Gasteiger partial charge in [0.1, 0.15) is 0 Å². The smallest absolute Gasteiger partial charge is 0.337 e. The Morgan fingerprint density at radius 3 is 2.34 bits per heavy atom. The second-order valence-electron chi connectivity index (χ2n) is 6.33. The molecule has 6 nitrogen and oxygen atoms in total. The van der Waals surface area contributed by atoms with Gasteiger partial charge in [0.25, 0.3) is 10.0 Å². The van der Waals surface area contributed by atoms with Crippen molar-refractivity contribution in [3.05, 3.63) is 88.6 Å². The van der Waals surface area contributed by atoms with E-state index in [2.05, 4.69) is 9.72 Å². The summed E-state index contributed by atoms with van der Waals surface area (Å²) in [5.74, 6) is -0.406. The summed E-state index contributed by atoms with van der Waals surface area (Å²) in [5.41, 5.74) is 1.85. The van der Waals surface area contributed by atoms with Crippen LogP contribution in [-0.2, 0) is 21.3 Å². The van der Waals surface area contributed by atoms with E-state index in [0.29, 0.717) is 0 Å². The van der Waals surface area contributed by atoms with Gasteiger partial charge in [0.2, 0.25) is 0 Å². The third kappa shape index (κ3) is 4.58. The summed E-state index contributed by atoms with van der Waals surface area (Å²) >= 11 is 6.34. The predicted molar refractivity (Wildman–Crippen MR) is 112 cm³/mol. The van der Waals surface area contributed by atoms with Crippen molar-refractivity contribution in [2.24, 2.45) is 0 Å². The van der Waals surface area contributed by atoms with Crippen molar-refractivity contribution in [3.63, 3.8) is 0 Å². The Labute approximate surface area is 174 Å². The van der Waals surface area contributed by atoms with Crippen LogP contribution in [0.5, 0.6) is 0 Å². The van der Waals surface area contributed by atoms with Crippen molar-refractivity contribution in [1.82, 2.24) is 4.98 Å². The van der Waals surface area contributed by atoms with Crippen molar-refractivity contribution in [3.8, 4) is 0 Å². The number of benzene rings is 2. The molecule has 0 aliphatic carbocycles. The summed E-state index contributed by atoms with van der Waals surface area (Å²) in [6.07, 6.45) is 1.56. The quantitative estimate of drug-likeness (QED) is 0.547. The number of hydrogen-bond acceptors (Lipinski definition) is 5. The number of carbonyl (C=O) groups excluding carboxylic acids is 1. The van der Waals surface area contributed by atoms with Gasteiger partial charge in [-0.1, -0.05) is 41.9 Å². The minimum Gasteiger partial charge on any atom is -0.465 e. The summed E-state index contributed by atoms with van der Waals surface area (Å²) in [7, 11) is -2.74. The first kappa shape index (κ1) is 20.8. The lowest BCUT2D eigenvalue weighted by Gasteiger charge is -2.24. The van der Waals surface area contributed by atoms with Gasteiger partial charge in [-0.25, -0.2) is 22.5 Å². The Morgan fingerprint density at radius 2 is 1.76 bits per heavy atom. The molecule has 0 fully saturated rings. The van der Waals surface area contributed by atoms with E-state index in [1.165, 1.54) is 31.4 Å². The summed E-state index contributed by atoms with van der Waals surface area (Å²) in [5, 5.41) is 0.232. The van der Waals surface area contributed by atoms with Crippen molar-refractivity contribution in [2.45, 2.75) is 18.4 Å². The van der Waals surface area contributed by atoms with E-state index in [1.807, 2.05) is 37.3 Å². The van der Waals surface area contributed by atoms with Gasteiger partial charge < -0.3 is 4.74 Å². The highest BCUT2D eigenvalue weighted by Gasteiger charge is 2.28. The molecule has 150 valence electrons. The van der Waals surface area contributed by atoms with Crippen molar-refractivity contribution < 1.29 is 17.9 Å². The number of esters is 1. The number of ether oxygens (including phenoxy) is 1. The zero-order valence-electron chi connectivity index (χ0n) is 15.9. The number of carbonyl (C=O) groups is 1. The summed E-state index contributed by atoms with van der Waals surface area (Å²) in [6.45, 7) is 1.88. The molecule has 0 unspecified atom stereocenters. The minimum absolute atomic E-state index is 0.0134. The Balaban J connectivity index is 2.07. The molecule has 0 spiro atoms. The molecule has 0 bridgehead atoms. The predicted octanol–water partition coefficient (Wildman–Crippen LogP) is 4.23. The van der Waals surface area contributed by atoms with Crippen molar-refractivity contribution in [2.75, 3.05) is 11.4 Å². The molecule has 0 aliphatic heterocycles. The van der Waals surface area contributed by atoms with Gasteiger partial charge >= 0.3 is 5.97 Å². The minimum atomic E-state index is -4.00. The first-order valence-electron chi connectivity index (χ1n) is 8.70. The molecule has 0 saturated carbocycles. The van der Waals surface area contributed by atoms with E-state index in [9.17, 15) is 13.2 Å². The highest BCUT2D eigenvalue weighted by molar-refractivity contribution is 7.92. The molecule has 0 radical (unpaired) electrons. The van der Waals surface area contributed by atoms with Crippen LogP contribution in [0.3, 0.4) is 0 Å². The zero-order valence-corrected chi connectivity index (χ0v) is 17.4. The molecule has 8 heteroatoms. The molecule has 0 aliphatic rings. The fraction of sp³-hybridized carbons (Fsp3) is 0.143. The average molecular weight is 431 g/mol. The van der Waals surface area contributed by atoms with E-state index in [4.69, 9.17) is 11.6 Å². The van der Waals surface area contributed by atoms with E-state index >= 15 is 0 Å². The third-order valence-corrected chi connectivity index (χ3v) is 6.26. The number of halogens is 1. The van der Waals surface area contributed by atoms with Gasteiger partial charge in [-0.15, -0.1) is 0 Å². The van der Waals surface area contributed by atoms with Crippen LogP contribution in [0.25, 0.3) is 0 Å². The molecule has 1 heterocycles. The van der Waals surface area contributed by atoms with Crippen molar-refractivity contribution >= 4 is 33.4 Å². The first-order chi connectivity index (χ1) is 13.8. The average Bonchev–Trinajstić information content (AvgIpc) is 2.72. The number of methoxy groups -OCH3 is 1. The number of aromatic nitrogens is 1. The molecule has 0 saturated heterocycles. The maximum atomic E-state index is 13.4. The molecule has 0 atom stereocenters. The van der Waals surface area contributed by atoms with Gasteiger partial charge in [-0.2, -0.15) is 0 Å². The van der Waals surface area contributed by atoms with Crippen LogP contribution in [0.1, 0.15) is 21.5 Å². The standard InChI is InChI=1S/C21H19ClN2O4S/c1-15-12-19(22)20(23-13-15)24(14-16-6-4-3-5-7-16)29(26,27)18-10-8-17(9-11-18)21(25)28-2/h3-13H,14H2,1-2H3. The normalized spacial score (nSPS) is 11.1. The number of pyridine rings is 1. The van der Waals surface area contributed by atoms with E-state index in [-0.39, 0.29) is 27.8 Å². The topological polar surface area (TPSA) is 76.6 Å². The highest BCUT2D eigenvalue weighted by Crippen LogP contribution is 2.30. The SMILES string of the molecule is COC(=O)c1ccc(S(=O)(=O)N(Cc2ccccc2)c2ncc(C)cc2Cl)cc1. The van der Waals surface area contributed by atoms with E-state index in [0.717, 1.165) is 15.4 Å².